The van der Waals surface area contributed by atoms with Crippen LogP contribution in [-0.4, -0.2) is 26.2 Å². The molecule has 0 radical (unpaired) electrons. The number of hydrogen-bond acceptors (Lipinski definition) is 5. The predicted octanol–water partition coefficient (Wildman–Crippen LogP) is 8.50. The monoisotopic (exact) mass is 581 g/mol. The number of methoxy groups -OCH3 is 1. The maximum absolute atomic E-state index is 12.4. The van der Waals surface area contributed by atoms with Crippen LogP contribution >= 0.6 is 11.3 Å². The van der Waals surface area contributed by atoms with Crippen molar-refractivity contribution in [3.63, 3.8) is 0 Å². The SMILES string of the molecule is CCCCCCCCCCCCCCOc1ccc(OCC(=O)Nc2ccc(C[n+]3cscc3C)cc2)cc1OC. The summed E-state index contributed by atoms with van der Waals surface area (Å²) in [5.41, 5.74) is 5.27. The first-order valence-corrected chi connectivity index (χ1v) is 16.3. The van der Waals surface area contributed by atoms with Gasteiger partial charge in [0.15, 0.2) is 30.3 Å². The Labute approximate surface area is 251 Å². The molecule has 0 bridgehead atoms. The molecule has 0 aliphatic carbocycles. The minimum Gasteiger partial charge on any atom is -0.493 e. The van der Waals surface area contributed by atoms with Crippen molar-refractivity contribution in [2.45, 2.75) is 97.4 Å². The molecule has 0 saturated heterocycles. The summed E-state index contributed by atoms with van der Waals surface area (Å²) in [7, 11) is 1.62. The second-order valence-electron chi connectivity index (χ2n) is 10.7. The number of rotatable bonds is 21. The smallest absolute Gasteiger partial charge is 0.262 e. The Hall–Kier alpha value is -3.06. The van der Waals surface area contributed by atoms with E-state index in [4.69, 9.17) is 14.2 Å². The van der Waals surface area contributed by atoms with Gasteiger partial charge in [-0.3, -0.25) is 4.79 Å². The highest BCUT2D eigenvalue weighted by molar-refractivity contribution is 7.07. The molecule has 0 aliphatic heterocycles. The molecule has 0 unspecified atom stereocenters. The molecular weight excluding hydrogens is 532 g/mol. The third-order valence-corrected chi connectivity index (χ3v) is 8.08. The minimum absolute atomic E-state index is 0.0894. The van der Waals surface area contributed by atoms with E-state index in [2.05, 4.69) is 34.6 Å². The van der Waals surface area contributed by atoms with E-state index in [1.807, 2.05) is 36.4 Å². The summed E-state index contributed by atoms with van der Waals surface area (Å²) in [6.45, 7) is 5.76. The van der Waals surface area contributed by atoms with E-state index in [9.17, 15) is 4.79 Å². The first-order valence-electron chi connectivity index (χ1n) is 15.3. The van der Waals surface area contributed by atoms with Gasteiger partial charge in [0.05, 0.1) is 19.1 Å². The summed E-state index contributed by atoms with van der Waals surface area (Å²) < 4.78 is 19.4. The highest BCUT2D eigenvalue weighted by Gasteiger charge is 2.11. The summed E-state index contributed by atoms with van der Waals surface area (Å²) in [6.07, 6.45) is 15.8. The summed E-state index contributed by atoms with van der Waals surface area (Å²) in [5, 5.41) is 5.02. The molecular formula is C34H49N2O4S+. The predicted molar refractivity (Wildman–Crippen MR) is 168 cm³/mol. The Morgan fingerprint density at radius 3 is 2.10 bits per heavy atom. The molecule has 0 aliphatic rings. The standard InChI is InChI=1S/C34H48N2O4S/c1-4-5-6-7-8-9-10-11-12-13-14-15-22-39-32-21-20-31(23-33(32)38-3)40-25-34(37)35-30-18-16-29(17-19-30)24-36-27-41-26-28(36)2/h16-21,23,26-27H,4-15,22,24-25H2,1-3H3/p+1. The van der Waals surface area contributed by atoms with Gasteiger partial charge in [-0.05, 0) is 30.7 Å². The number of nitrogens with one attached hydrogen (secondary N) is 1. The molecule has 0 spiro atoms. The normalized spacial score (nSPS) is 10.9. The van der Waals surface area contributed by atoms with Crippen molar-refractivity contribution in [3.05, 3.63) is 64.6 Å². The van der Waals surface area contributed by atoms with E-state index < -0.39 is 0 Å². The van der Waals surface area contributed by atoms with Gasteiger partial charge in [-0.1, -0.05) is 101 Å². The number of benzene rings is 2. The first kappa shape index (κ1) is 32.5. The van der Waals surface area contributed by atoms with Crippen molar-refractivity contribution in [2.24, 2.45) is 0 Å². The molecule has 3 rings (SSSR count). The van der Waals surface area contributed by atoms with E-state index in [1.54, 1.807) is 24.5 Å². The first-order chi connectivity index (χ1) is 20.1. The van der Waals surface area contributed by atoms with Gasteiger partial charge in [0, 0.05) is 24.2 Å². The van der Waals surface area contributed by atoms with Crippen molar-refractivity contribution in [1.29, 1.82) is 0 Å². The topological polar surface area (TPSA) is 60.7 Å². The fourth-order valence-corrected chi connectivity index (χ4v) is 5.51. The van der Waals surface area contributed by atoms with Crippen LogP contribution in [0.3, 0.4) is 0 Å². The lowest BCUT2D eigenvalue weighted by molar-refractivity contribution is -0.689. The molecule has 1 N–H and O–H groups in total. The largest absolute Gasteiger partial charge is 0.493 e. The number of carbonyl (C=O) groups is 1. The van der Waals surface area contributed by atoms with Gasteiger partial charge in [-0.2, -0.15) is 4.57 Å². The van der Waals surface area contributed by atoms with Crippen LogP contribution in [0, 0.1) is 6.92 Å². The minimum atomic E-state index is -0.216. The number of amides is 1. The van der Waals surface area contributed by atoms with Gasteiger partial charge in [0.1, 0.15) is 5.75 Å². The van der Waals surface area contributed by atoms with Crippen LogP contribution in [-0.2, 0) is 11.3 Å². The maximum Gasteiger partial charge on any atom is 0.262 e. The number of hydrogen-bond donors (Lipinski definition) is 1. The number of carbonyl (C=O) groups excluding carboxylic acids is 1. The molecule has 0 fully saturated rings. The van der Waals surface area contributed by atoms with Crippen LogP contribution in [0.25, 0.3) is 0 Å². The zero-order chi connectivity index (χ0) is 29.1. The zero-order valence-corrected chi connectivity index (χ0v) is 26.1. The van der Waals surface area contributed by atoms with E-state index >= 15 is 0 Å². The van der Waals surface area contributed by atoms with Crippen LogP contribution in [0.1, 0.15) is 95.2 Å². The molecule has 3 aromatic rings. The molecule has 7 heteroatoms. The summed E-state index contributed by atoms with van der Waals surface area (Å²) in [5.74, 6) is 1.65. The average molecular weight is 582 g/mol. The molecule has 2 aromatic carbocycles. The van der Waals surface area contributed by atoms with Gasteiger partial charge in [0.25, 0.3) is 5.91 Å². The summed E-state index contributed by atoms with van der Waals surface area (Å²) in [6, 6.07) is 13.3. The Morgan fingerprint density at radius 1 is 0.829 bits per heavy atom. The number of ether oxygens (including phenoxy) is 3. The molecule has 6 nitrogen and oxygen atoms in total. The van der Waals surface area contributed by atoms with Crippen molar-refractivity contribution < 1.29 is 23.6 Å². The van der Waals surface area contributed by atoms with Crippen molar-refractivity contribution in [3.8, 4) is 17.2 Å². The van der Waals surface area contributed by atoms with Crippen molar-refractivity contribution >= 4 is 22.9 Å². The number of aromatic nitrogens is 1. The summed E-state index contributed by atoms with van der Waals surface area (Å²) in [4.78, 5) is 12.4. The number of aryl methyl sites for hydroxylation is 1. The van der Waals surface area contributed by atoms with Gasteiger partial charge in [0.2, 0.25) is 5.51 Å². The number of unbranched alkanes of at least 4 members (excludes halogenated alkanes) is 11. The molecule has 224 valence electrons. The van der Waals surface area contributed by atoms with Gasteiger partial charge < -0.3 is 19.5 Å². The average Bonchev–Trinajstić information content (AvgIpc) is 3.39. The number of nitrogens with zero attached hydrogens (tertiary/aromatic N) is 1. The van der Waals surface area contributed by atoms with Crippen LogP contribution in [0.4, 0.5) is 5.69 Å². The molecule has 1 amide bonds. The molecule has 1 aromatic heterocycles. The second kappa shape index (κ2) is 19.1. The zero-order valence-electron chi connectivity index (χ0n) is 25.3. The Bertz CT molecular complexity index is 1150. The molecule has 1 heterocycles. The lowest BCUT2D eigenvalue weighted by Crippen LogP contribution is -2.34. The molecule has 0 saturated carbocycles. The lowest BCUT2D eigenvalue weighted by Gasteiger charge is -2.13. The van der Waals surface area contributed by atoms with Crippen molar-refractivity contribution in [1.82, 2.24) is 0 Å². The van der Waals surface area contributed by atoms with E-state index in [1.165, 1.54) is 81.9 Å². The highest BCUT2D eigenvalue weighted by Crippen LogP contribution is 2.31. The van der Waals surface area contributed by atoms with E-state index in [0.29, 0.717) is 23.9 Å². The lowest BCUT2D eigenvalue weighted by atomic mass is 10.1. The quantitative estimate of drug-likeness (QED) is 0.101. The van der Waals surface area contributed by atoms with Gasteiger partial charge in [-0.15, -0.1) is 0 Å². The van der Waals surface area contributed by atoms with E-state index in [0.717, 1.165) is 18.7 Å². The third-order valence-electron chi connectivity index (χ3n) is 7.23. The summed E-state index contributed by atoms with van der Waals surface area (Å²) >= 11 is 1.69. The maximum atomic E-state index is 12.4. The fourth-order valence-electron chi connectivity index (χ4n) is 4.73. The van der Waals surface area contributed by atoms with Gasteiger partial charge in [-0.25, -0.2) is 0 Å². The number of anilines is 1. The van der Waals surface area contributed by atoms with Crippen LogP contribution < -0.4 is 24.1 Å². The van der Waals surface area contributed by atoms with E-state index in [-0.39, 0.29) is 12.5 Å². The van der Waals surface area contributed by atoms with Gasteiger partial charge >= 0.3 is 0 Å². The fraction of sp³-hybridized carbons (Fsp3) is 0.529. The van der Waals surface area contributed by atoms with Crippen LogP contribution in [0.2, 0.25) is 0 Å². The van der Waals surface area contributed by atoms with Crippen LogP contribution in [0.15, 0.2) is 53.4 Å². The Morgan fingerprint density at radius 2 is 1.49 bits per heavy atom. The highest BCUT2D eigenvalue weighted by atomic mass is 32.1. The number of thiazole rings is 1. The Balaban J connectivity index is 1.29. The van der Waals surface area contributed by atoms with Crippen molar-refractivity contribution in [2.75, 3.05) is 25.6 Å². The second-order valence-corrected chi connectivity index (χ2v) is 11.4. The molecule has 41 heavy (non-hydrogen) atoms. The molecule has 0 atom stereocenters. The Kier molecular flexibility index (Phi) is 15.1. The third kappa shape index (κ3) is 12.6. The van der Waals surface area contributed by atoms with Crippen LogP contribution in [0.5, 0.6) is 17.2 Å².